The summed E-state index contributed by atoms with van der Waals surface area (Å²) in [5.41, 5.74) is 3.30. The number of thioether (sulfide) groups is 1. The molecule has 0 saturated heterocycles. The van der Waals surface area contributed by atoms with Crippen LogP contribution in [0.2, 0.25) is 0 Å². The molecule has 2 aliphatic carbocycles. The number of nitrogens with zero attached hydrogens (tertiary/aromatic N) is 1. The highest BCUT2D eigenvalue weighted by Crippen LogP contribution is 2.48. The van der Waals surface area contributed by atoms with Crippen molar-refractivity contribution in [3.05, 3.63) is 60.2 Å². The van der Waals surface area contributed by atoms with Gasteiger partial charge in [0, 0.05) is 11.4 Å². The van der Waals surface area contributed by atoms with E-state index in [1.165, 1.54) is 23.1 Å². The van der Waals surface area contributed by atoms with E-state index in [1.807, 2.05) is 55.5 Å². The molecule has 34 heavy (non-hydrogen) atoms. The fourth-order valence-electron chi connectivity index (χ4n) is 4.75. The zero-order chi connectivity index (χ0) is 23.8. The largest absolute Gasteiger partial charge is 0.481 e. The molecule has 9 heteroatoms. The SMILES string of the molecule is Cc1ccc(NC(=O)CSc2nc3ccc(NC(=O)[C@H]4[C@H](C(=O)O)[C@H]5C=C[C@H]4C5)cc3s2)cc1. The van der Waals surface area contributed by atoms with Gasteiger partial charge >= 0.3 is 5.97 Å². The maximum absolute atomic E-state index is 12.9. The number of allylic oxidation sites excluding steroid dienone is 2. The second kappa shape index (κ2) is 9.23. The summed E-state index contributed by atoms with van der Waals surface area (Å²) >= 11 is 2.82. The first-order valence-electron chi connectivity index (χ1n) is 11.0. The lowest BCUT2D eigenvalue weighted by atomic mass is 9.82. The lowest BCUT2D eigenvalue weighted by Crippen LogP contribution is -2.36. The van der Waals surface area contributed by atoms with Gasteiger partial charge in [-0.1, -0.05) is 41.6 Å². The monoisotopic (exact) mass is 493 g/mol. The second-order valence-electron chi connectivity index (χ2n) is 8.69. The number of anilines is 2. The number of carboxylic acid groups (broad SMARTS) is 1. The van der Waals surface area contributed by atoms with E-state index in [0.29, 0.717) is 5.69 Å². The number of amides is 2. The standard InChI is InChI=1S/C25H23N3O4S2/c1-13-2-6-16(7-3-13)26-20(29)12-33-25-28-18-9-8-17(11-19(18)34-25)27-23(30)21-14-4-5-15(10-14)22(21)24(31)32/h2-9,11,14-15,21-22H,10,12H2,1H3,(H,26,29)(H,27,30)(H,31,32)/t14-,15-,21+,22+/m0/s1. The van der Waals surface area contributed by atoms with Gasteiger partial charge in [0.2, 0.25) is 11.8 Å². The molecule has 7 nitrogen and oxygen atoms in total. The third-order valence-corrected chi connectivity index (χ3v) is 8.51. The van der Waals surface area contributed by atoms with E-state index < -0.39 is 17.8 Å². The number of thiazole rings is 1. The van der Waals surface area contributed by atoms with Crippen LogP contribution in [0.5, 0.6) is 0 Å². The molecule has 2 aromatic carbocycles. The van der Waals surface area contributed by atoms with Crippen molar-refractivity contribution in [3.63, 3.8) is 0 Å². The van der Waals surface area contributed by atoms with Crippen molar-refractivity contribution in [2.75, 3.05) is 16.4 Å². The normalized spacial score (nSPS) is 22.7. The quantitative estimate of drug-likeness (QED) is 0.322. The first kappa shape index (κ1) is 22.6. The van der Waals surface area contributed by atoms with Crippen LogP contribution in [0.1, 0.15) is 12.0 Å². The minimum Gasteiger partial charge on any atom is -0.481 e. The van der Waals surface area contributed by atoms with Crippen molar-refractivity contribution in [1.82, 2.24) is 4.98 Å². The summed E-state index contributed by atoms with van der Waals surface area (Å²) in [7, 11) is 0. The Morgan fingerprint density at radius 1 is 1.03 bits per heavy atom. The Kier molecular flexibility index (Phi) is 6.14. The molecule has 0 spiro atoms. The molecule has 1 saturated carbocycles. The van der Waals surface area contributed by atoms with Gasteiger partial charge in [-0.25, -0.2) is 4.98 Å². The molecule has 3 aromatic rings. The van der Waals surface area contributed by atoms with Gasteiger partial charge in [-0.3, -0.25) is 14.4 Å². The van der Waals surface area contributed by atoms with Gasteiger partial charge in [0.25, 0.3) is 0 Å². The molecule has 2 bridgehead atoms. The summed E-state index contributed by atoms with van der Waals surface area (Å²) < 4.78 is 1.66. The van der Waals surface area contributed by atoms with Gasteiger partial charge in [-0.05, 0) is 55.5 Å². The summed E-state index contributed by atoms with van der Waals surface area (Å²) in [6, 6.07) is 13.1. The zero-order valence-corrected chi connectivity index (χ0v) is 20.0. The Morgan fingerprint density at radius 2 is 1.74 bits per heavy atom. The molecule has 0 unspecified atom stereocenters. The Labute approximate surface area is 204 Å². The van der Waals surface area contributed by atoms with Crippen LogP contribution in [0, 0.1) is 30.6 Å². The van der Waals surface area contributed by atoms with E-state index in [1.54, 1.807) is 6.07 Å². The third kappa shape index (κ3) is 4.58. The number of carbonyl (C=O) groups excluding carboxylic acids is 2. The molecule has 4 atom stereocenters. The van der Waals surface area contributed by atoms with Crippen LogP contribution >= 0.6 is 23.1 Å². The summed E-state index contributed by atoms with van der Waals surface area (Å²) in [6.45, 7) is 1.99. The van der Waals surface area contributed by atoms with Crippen molar-refractivity contribution in [2.45, 2.75) is 17.7 Å². The summed E-state index contributed by atoms with van der Waals surface area (Å²) in [5, 5.41) is 15.4. The topological polar surface area (TPSA) is 108 Å². The highest BCUT2D eigenvalue weighted by Gasteiger charge is 2.51. The first-order chi connectivity index (χ1) is 16.4. The van der Waals surface area contributed by atoms with Crippen LogP contribution in [0.15, 0.2) is 59.0 Å². The van der Waals surface area contributed by atoms with Gasteiger partial charge in [-0.15, -0.1) is 11.3 Å². The third-order valence-electron chi connectivity index (χ3n) is 6.35. The molecule has 3 N–H and O–H groups in total. The number of aromatic nitrogens is 1. The van der Waals surface area contributed by atoms with E-state index in [9.17, 15) is 19.5 Å². The number of fused-ring (bicyclic) bond motifs is 3. The van der Waals surface area contributed by atoms with Crippen molar-refractivity contribution in [2.24, 2.45) is 23.7 Å². The molecule has 1 aromatic heterocycles. The van der Waals surface area contributed by atoms with Crippen LogP contribution < -0.4 is 10.6 Å². The zero-order valence-electron chi connectivity index (χ0n) is 18.4. The van der Waals surface area contributed by atoms with Gasteiger partial charge in [-0.2, -0.15) is 0 Å². The van der Waals surface area contributed by atoms with Gasteiger partial charge in [0.1, 0.15) is 0 Å². The smallest absolute Gasteiger partial charge is 0.307 e. The summed E-state index contributed by atoms with van der Waals surface area (Å²) in [5.74, 6) is -2.34. The van der Waals surface area contributed by atoms with E-state index in [0.717, 1.165) is 32.2 Å². The lowest BCUT2D eigenvalue weighted by molar-refractivity contribution is -0.146. The number of benzene rings is 2. The number of carboxylic acids is 1. The van der Waals surface area contributed by atoms with Crippen LogP contribution in [0.3, 0.4) is 0 Å². The molecule has 2 aliphatic rings. The second-order valence-corrected chi connectivity index (χ2v) is 10.9. The number of nitrogens with one attached hydrogen (secondary N) is 2. The molecule has 1 fully saturated rings. The van der Waals surface area contributed by atoms with E-state index in [4.69, 9.17) is 0 Å². The van der Waals surface area contributed by atoms with Crippen molar-refractivity contribution < 1.29 is 19.5 Å². The predicted octanol–water partition coefficient (Wildman–Crippen LogP) is 4.80. The average molecular weight is 494 g/mol. The minimum absolute atomic E-state index is 0.0210. The van der Waals surface area contributed by atoms with Gasteiger partial charge < -0.3 is 15.7 Å². The number of hydrogen-bond donors (Lipinski definition) is 3. The number of hydrogen-bond acceptors (Lipinski definition) is 6. The predicted molar refractivity (Wildman–Crippen MR) is 134 cm³/mol. The Bertz CT molecular complexity index is 1300. The number of carbonyl (C=O) groups is 3. The van der Waals surface area contributed by atoms with Crippen LogP contribution in [0.4, 0.5) is 11.4 Å². The molecule has 0 aliphatic heterocycles. The maximum atomic E-state index is 12.9. The van der Waals surface area contributed by atoms with Crippen LogP contribution in [-0.2, 0) is 14.4 Å². The lowest BCUT2D eigenvalue weighted by Gasteiger charge is -2.23. The number of aryl methyl sites for hydroxylation is 1. The summed E-state index contributed by atoms with van der Waals surface area (Å²) in [6.07, 6.45) is 4.62. The average Bonchev–Trinajstić information content (AvgIpc) is 3.53. The fourth-order valence-corrected chi connectivity index (χ4v) is 6.65. The van der Waals surface area contributed by atoms with Crippen molar-refractivity contribution in [3.8, 4) is 0 Å². The van der Waals surface area contributed by atoms with E-state index in [-0.39, 0.29) is 29.4 Å². The minimum atomic E-state index is -0.914. The van der Waals surface area contributed by atoms with Crippen LogP contribution in [-0.4, -0.2) is 33.6 Å². The van der Waals surface area contributed by atoms with Crippen molar-refractivity contribution in [1.29, 1.82) is 0 Å². The van der Waals surface area contributed by atoms with E-state index in [2.05, 4.69) is 15.6 Å². The van der Waals surface area contributed by atoms with Crippen LogP contribution in [0.25, 0.3) is 10.2 Å². The Balaban J connectivity index is 1.22. The highest BCUT2D eigenvalue weighted by molar-refractivity contribution is 8.01. The first-order valence-corrected chi connectivity index (χ1v) is 12.8. The Hall–Kier alpha value is -3.17. The molecular weight excluding hydrogens is 470 g/mol. The summed E-state index contributed by atoms with van der Waals surface area (Å²) in [4.78, 5) is 41.5. The number of aliphatic carboxylic acids is 1. The van der Waals surface area contributed by atoms with E-state index >= 15 is 0 Å². The molecular formula is C25H23N3O4S2. The Morgan fingerprint density at radius 3 is 2.47 bits per heavy atom. The molecule has 5 rings (SSSR count). The molecule has 1 heterocycles. The fraction of sp³-hybridized carbons (Fsp3) is 0.280. The highest BCUT2D eigenvalue weighted by atomic mass is 32.2. The molecule has 174 valence electrons. The van der Waals surface area contributed by atoms with Crippen molar-refractivity contribution >= 4 is 62.5 Å². The number of rotatable bonds is 7. The maximum Gasteiger partial charge on any atom is 0.307 e. The molecule has 2 amide bonds. The van der Waals surface area contributed by atoms with Gasteiger partial charge in [0.05, 0.1) is 27.8 Å². The van der Waals surface area contributed by atoms with Gasteiger partial charge in [0.15, 0.2) is 4.34 Å². The molecule has 0 radical (unpaired) electrons.